The maximum atomic E-state index is 11.6. The Bertz CT molecular complexity index is 910. The van der Waals surface area contributed by atoms with E-state index >= 15 is 0 Å². The molecule has 1 amide bonds. The van der Waals surface area contributed by atoms with Crippen LogP contribution in [0.1, 0.15) is 25.7 Å². The van der Waals surface area contributed by atoms with E-state index in [4.69, 9.17) is 10.5 Å². The normalized spacial score (nSPS) is 20.1. The number of methoxy groups -OCH3 is 1. The quantitative estimate of drug-likeness (QED) is 0.478. The summed E-state index contributed by atoms with van der Waals surface area (Å²) >= 11 is 0. The number of fused-ring (bicyclic) bond motifs is 1. The molecular formula is C20H27N7O2. The molecule has 0 bridgehead atoms. The molecule has 1 aromatic carbocycles. The molecule has 0 radical (unpaired) electrons. The summed E-state index contributed by atoms with van der Waals surface area (Å²) in [5.41, 5.74) is 7.21. The van der Waals surface area contributed by atoms with Gasteiger partial charge in [-0.25, -0.2) is 4.99 Å². The van der Waals surface area contributed by atoms with Crippen molar-refractivity contribution >= 4 is 22.8 Å². The van der Waals surface area contributed by atoms with E-state index in [9.17, 15) is 4.79 Å². The predicted molar refractivity (Wildman–Crippen MR) is 112 cm³/mol. The number of aliphatic imine (C=N–C) groups is 1. The lowest BCUT2D eigenvalue weighted by Gasteiger charge is -2.30. The van der Waals surface area contributed by atoms with Gasteiger partial charge in [0.15, 0.2) is 5.84 Å². The maximum Gasteiger partial charge on any atom is 0.246 e. The molecule has 9 nitrogen and oxygen atoms in total. The van der Waals surface area contributed by atoms with E-state index in [2.05, 4.69) is 32.5 Å². The highest BCUT2D eigenvalue weighted by Crippen LogP contribution is 2.20. The summed E-state index contributed by atoms with van der Waals surface area (Å²) in [5, 5.41) is 14.7. The van der Waals surface area contributed by atoms with Crippen LogP contribution in [0.2, 0.25) is 0 Å². The van der Waals surface area contributed by atoms with E-state index < -0.39 is 0 Å². The number of hydrogen-bond acceptors (Lipinski definition) is 7. The first-order valence-electron chi connectivity index (χ1n) is 9.62. The van der Waals surface area contributed by atoms with Gasteiger partial charge in [-0.15, -0.1) is 5.10 Å². The Morgan fingerprint density at radius 2 is 2.00 bits per heavy atom. The predicted octanol–water partition coefficient (Wildman–Crippen LogP) is 1.28. The van der Waals surface area contributed by atoms with Crippen LogP contribution in [0.25, 0.3) is 11.0 Å². The molecule has 0 spiro atoms. The van der Waals surface area contributed by atoms with Gasteiger partial charge in [-0.2, -0.15) is 4.68 Å². The average molecular weight is 397 g/mol. The zero-order chi connectivity index (χ0) is 20.6. The summed E-state index contributed by atoms with van der Waals surface area (Å²) in [5.74, 6) is 0.986. The van der Waals surface area contributed by atoms with Crippen molar-refractivity contribution < 1.29 is 9.53 Å². The number of aromatic nitrogens is 3. The Labute approximate surface area is 169 Å². The number of allylic oxidation sites excluding steroid dienone is 1. The summed E-state index contributed by atoms with van der Waals surface area (Å²) in [6, 6.07) is 8.07. The van der Waals surface area contributed by atoms with E-state index in [0.29, 0.717) is 11.7 Å². The number of rotatable bonds is 7. The number of nitrogens with zero attached hydrogens (tertiary/aromatic N) is 4. The first kappa shape index (κ1) is 20.5. The van der Waals surface area contributed by atoms with E-state index in [0.717, 1.165) is 36.7 Å². The second-order valence-electron chi connectivity index (χ2n) is 6.96. The van der Waals surface area contributed by atoms with Crippen LogP contribution in [-0.4, -0.2) is 52.5 Å². The molecule has 2 aromatic rings. The van der Waals surface area contributed by atoms with Crippen molar-refractivity contribution in [1.82, 2.24) is 25.6 Å². The molecule has 1 aliphatic rings. The van der Waals surface area contributed by atoms with E-state index in [1.807, 2.05) is 24.3 Å². The molecule has 9 heteroatoms. The van der Waals surface area contributed by atoms with Crippen LogP contribution in [-0.2, 0) is 9.53 Å². The van der Waals surface area contributed by atoms with Crippen molar-refractivity contribution in [3.8, 4) is 0 Å². The van der Waals surface area contributed by atoms with Crippen LogP contribution in [0.4, 0.5) is 0 Å². The molecule has 1 fully saturated rings. The first-order valence-corrected chi connectivity index (χ1v) is 9.62. The second kappa shape index (κ2) is 9.83. The Morgan fingerprint density at radius 1 is 1.31 bits per heavy atom. The maximum absolute atomic E-state index is 11.6. The topological polar surface area (TPSA) is 119 Å². The smallest absolute Gasteiger partial charge is 0.246 e. The highest BCUT2D eigenvalue weighted by Gasteiger charge is 2.22. The van der Waals surface area contributed by atoms with Gasteiger partial charge in [0.1, 0.15) is 17.9 Å². The number of carbonyl (C=O) groups excluding carboxylic acids is 1. The highest BCUT2D eigenvalue weighted by atomic mass is 16.5. The fourth-order valence-electron chi connectivity index (χ4n) is 3.47. The summed E-state index contributed by atoms with van der Waals surface area (Å²) in [4.78, 5) is 16.2. The Hall–Kier alpha value is -3.20. The van der Waals surface area contributed by atoms with E-state index in [1.54, 1.807) is 10.8 Å². The van der Waals surface area contributed by atoms with Gasteiger partial charge in [0.05, 0.1) is 5.52 Å². The van der Waals surface area contributed by atoms with Crippen LogP contribution in [0.15, 0.2) is 53.9 Å². The van der Waals surface area contributed by atoms with Crippen LogP contribution in [0, 0.1) is 0 Å². The third kappa shape index (κ3) is 5.41. The van der Waals surface area contributed by atoms with Crippen molar-refractivity contribution in [2.24, 2.45) is 10.7 Å². The van der Waals surface area contributed by atoms with Gasteiger partial charge in [0.2, 0.25) is 5.91 Å². The third-order valence-corrected chi connectivity index (χ3v) is 4.80. The van der Waals surface area contributed by atoms with Crippen molar-refractivity contribution in [1.29, 1.82) is 0 Å². The lowest BCUT2D eigenvalue weighted by molar-refractivity contribution is -0.125. The van der Waals surface area contributed by atoms with E-state index in [-0.39, 0.29) is 24.6 Å². The van der Waals surface area contributed by atoms with Gasteiger partial charge in [-0.05, 0) is 50.1 Å². The molecule has 3 rings (SSSR count). The molecule has 1 aliphatic carbocycles. The number of nitrogens with one attached hydrogen (secondary N) is 2. The fourth-order valence-corrected chi connectivity index (χ4v) is 3.47. The number of carbonyl (C=O) groups is 1. The minimum absolute atomic E-state index is 0.0730. The SMILES string of the molecule is C=C(N=C(/C=C\N)n1nnc2ccccc21)NC1CCC(NC(=O)COC)CC1. The van der Waals surface area contributed by atoms with Crippen LogP contribution in [0.5, 0.6) is 0 Å². The Kier molecular flexibility index (Phi) is 6.96. The third-order valence-electron chi connectivity index (χ3n) is 4.80. The van der Waals surface area contributed by atoms with Gasteiger partial charge >= 0.3 is 0 Å². The molecule has 1 saturated carbocycles. The molecule has 0 atom stereocenters. The standard InChI is InChI=1S/C20H27N7O2/c1-14(22-15-7-9-16(10-8-15)24-20(28)13-29-2)23-19(11-12-21)27-18-6-4-3-5-17(18)25-26-27/h3-6,11-12,15-16,22H,1,7-10,13,21H2,2H3,(H,24,28)/b12-11-,23-19?. The van der Waals surface area contributed by atoms with Crippen molar-refractivity contribution in [2.75, 3.05) is 13.7 Å². The minimum atomic E-state index is -0.0730. The largest absolute Gasteiger partial charge is 0.404 e. The second-order valence-corrected chi connectivity index (χ2v) is 6.96. The van der Waals surface area contributed by atoms with Crippen molar-refractivity contribution in [2.45, 2.75) is 37.8 Å². The molecule has 0 unspecified atom stereocenters. The molecule has 1 aromatic heterocycles. The lowest BCUT2D eigenvalue weighted by Crippen LogP contribution is -2.42. The van der Waals surface area contributed by atoms with E-state index in [1.165, 1.54) is 13.3 Å². The zero-order valence-electron chi connectivity index (χ0n) is 16.5. The molecular weight excluding hydrogens is 370 g/mol. The van der Waals surface area contributed by atoms with Gasteiger partial charge in [0, 0.05) is 19.2 Å². The molecule has 1 heterocycles. The summed E-state index contributed by atoms with van der Waals surface area (Å²) in [6.45, 7) is 4.13. The fraction of sp³-hybridized carbons (Fsp3) is 0.400. The highest BCUT2D eigenvalue weighted by molar-refractivity contribution is 5.99. The lowest BCUT2D eigenvalue weighted by atomic mass is 9.91. The monoisotopic (exact) mass is 397 g/mol. The van der Waals surface area contributed by atoms with Crippen molar-refractivity contribution in [3.63, 3.8) is 0 Å². The van der Waals surface area contributed by atoms with Gasteiger partial charge in [-0.1, -0.05) is 23.9 Å². The summed E-state index contributed by atoms with van der Waals surface area (Å²) in [7, 11) is 1.52. The number of amides is 1. The van der Waals surface area contributed by atoms with Crippen LogP contribution < -0.4 is 16.4 Å². The number of para-hydroxylation sites is 1. The Balaban J connectivity index is 1.61. The molecule has 4 N–H and O–H groups in total. The van der Waals surface area contributed by atoms with Crippen LogP contribution >= 0.6 is 0 Å². The van der Waals surface area contributed by atoms with Gasteiger partial charge < -0.3 is 21.1 Å². The summed E-state index contributed by atoms with van der Waals surface area (Å²) < 4.78 is 6.49. The Morgan fingerprint density at radius 3 is 2.69 bits per heavy atom. The van der Waals surface area contributed by atoms with Gasteiger partial charge in [-0.3, -0.25) is 4.79 Å². The molecule has 0 aliphatic heterocycles. The average Bonchev–Trinajstić information content (AvgIpc) is 3.13. The number of ether oxygens (including phenoxy) is 1. The molecule has 154 valence electrons. The molecule has 0 saturated heterocycles. The minimum Gasteiger partial charge on any atom is -0.404 e. The van der Waals surface area contributed by atoms with Crippen LogP contribution in [0.3, 0.4) is 0 Å². The first-order chi connectivity index (χ1) is 14.1. The number of hydrogen-bond donors (Lipinski definition) is 3. The molecule has 29 heavy (non-hydrogen) atoms. The number of nitrogens with two attached hydrogens (primary N) is 1. The number of benzene rings is 1. The summed E-state index contributed by atoms with van der Waals surface area (Å²) in [6.07, 6.45) is 6.70. The van der Waals surface area contributed by atoms with Gasteiger partial charge in [0.25, 0.3) is 0 Å². The van der Waals surface area contributed by atoms with Crippen molar-refractivity contribution in [3.05, 3.63) is 48.9 Å². The zero-order valence-corrected chi connectivity index (χ0v) is 16.5.